The number of aromatic nitrogens is 2. The van der Waals surface area contributed by atoms with Crippen molar-refractivity contribution in [2.45, 2.75) is 58.8 Å². The highest BCUT2D eigenvalue weighted by Gasteiger charge is 2.45. The summed E-state index contributed by atoms with van der Waals surface area (Å²) >= 11 is 0. The van der Waals surface area contributed by atoms with Gasteiger partial charge in [0.2, 0.25) is 0 Å². The zero-order valence-electron chi connectivity index (χ0n) is 21.2. The normalized spacial score (nSPS) is 17.9. The van der Waals surface area contributed by atoms with Gasteiger partial charge in [-0.3, -0.25) is 4.79 Å². The number of esters is 1. The Morgan fingerprint density at radius 2 is 2.03 bits per heavy atom. The van der Waals surface area contributed by atoms with Gasteiger partial charge < -0.3 is 24.0 Å². The van der Waals surface area contributed by atoms with Crippen LogP contribution in [0.4, 0.5) is 0 Å². The van der Waals surface area contributed by atoms with Crippen molar-refractivity contribution in [1.82, 2.24) is 14.5 Å². The van der Waals surface area contributed by atoms with E-state index in [4.69, 9.17) is 14.5 Å². The number of fused-ring (bicyclic) bond motifs is 5. The Morgan fingerprint density at radius 1 is 1.25 bits per heavy atom. The van der Waals surface area contributed by atoms with Crippen LogP contribution in [-0.4, -0.2) is 39.1 Å². The SMILES string of the molecule is C=C(Oc1ccc2nc3c(c(CC)c2c1)Cn1c-3cc2c(c1=O)COC(=O)C2(O)CC)N(C)CCC. The average molecular weight is 490 g/mol. The van der Waals surface area contributed by atoms with E-state index in [1.807, 2.05) is 30.1 Å². The fourth-order valence-corrected chi connectivity index (χ4v) is 5.28. The summed E-state index contributed by atoms with van der Waals surface area (Å²) in [5.41, 5.74) is 2.71. The molecule has 5 rings (SSSR count). The van der Waals surface area contributed by atoms with Crippen molar-refractivity contribution in [1.29, 1.82) is 0 Å². The first kappa shape index (κ1) is 24.1. The summed E-state index contributed by atoms with van der Waals surface area (Å²) in [7, 11) is 1.95. The summed E-state index contributed by atoms with van der Waals surface area (Å²) in [6, 6.07) is 7.50. The van der Waals surface area contributed by atoms with Crippen LogP contribution in [0.25, 0.3) is 22.3 Å². The van der Waals surface area contributed by atoms with Gasteiger partial charge in [-0.05, 0) is 55.7 Å². The Morgan fingerprint density at radius 3 is 2.72 bits per heavy atom. The molecule has 0 amide bonds. The molecule has 0 saturated heterocycles. The highest BCUT2D eigenvalue weighted by Crippen LogP contribution is 2.40. The number of aryl methyl sites for hydroxylation is 1. The third-order valence-electron chi connectivity index (χ3n) is 7.35. The molecule has 1 N–H and O–H groups in total. The molecule has 36 heavy (non-hydrogen) atoms. The maximum Gasteiger partial charge on any atom is 0.343 e. The van der Waals surface area contributed by atoms with Crippen molar-refractivity contribution in [3.8, 4) is 17.1 Å². The van der Waals surface area contributed by atoms with Crippen LogP contribution >= 0.6 is 0 Å². The molecule has 1 unspecified atom stereocenters. The summed E-state index contributed by atoms with van der Waals surface area (Å²) < 4.78 is 12.9. The Hall–Kier alpha value is -3.65. The molecule has 4 heterocycles. The number of cyclic esters (lactones) is 1. The Labute approximate surface area is 209 Å². The van der Waals surface area contributed by atoms with Gasteiger partial charge in [0, 0.05) is 30.1 Å². The van der Waals surface area contributed by atoms with Crippen LogP contribution in [0, 0.1) is 0 Å². The molecule has 1 aromatic carbocycles. The largest absolute Gasteiger partial charge is 0.458 e. The third-order valence-corrected chi connectivity index (χ3v) is 7.35. The van der Waals surface area contributed by atoms with Gasteiger partial charge in [-0.15, -0.1) is 0 Å². The monoisotopic (exact) mass is 489 g/mol. The molecule has 0 saturated carbocycles. The topological polar surface area (TPSA) is 93.9 Å². The lowest BCUT2D eigenvalue weighted by molar-refractivity contribution is -0.172. The van der Waals surface area contributed by atoms with Gasteiger partial charge >= 0.3 is 5.97 Å². The number of rotatable bonds is 7. The van der Waals surface area contributed by atoms with E-state index in [0.717, 1.165) is 41.4 Å². The molecule has 3 aromatic rings. The number of hydrogen-bond acceptors (Lipinski definition) is 7. The van der Waals surface area contributed by atoms with Crippen molar-refractivity contribution < 1.29 is 19.4 Å². The van der Waals surface area contributed by atoms with Crippen LogP contribution in [0.1, 0.15) is 55.9 Å². The molecule has 2 aliphatic rings. The van der Waals surface area contributed by atoms with E-state index < -0.39 is 11.6 Å². The first-order valence-electron chi connectivity index (χ1n) is 12.4. The van der Waals surface area contributed by atoms with Crippen LogP contribution in [-0.2, 0) is 34.7 Å². The number of nitrogens with zero attached hydrogens (tertiary/aromatic N) is 3. The Kier molecular flexibility index (Phi) is 5.87. The molecule has 0 bridgehead atoms. The molecule has 2 aromatic heterocycles. The molecular formula is C28H31N3O5. The molecule has 0 aliphatic carbocycles. The van der Waals surface area contributed by atoms with Crippen LogP contribution in [0.3, 0.4) is 0 Å². The summed E-state index contributed by atoms with van der Waals surface area (Å²) in [4.78, 5) is 32.8. The summed E-state index contributed by atoms with van der Waals surface area (Å²) in [5, 5.41) is 12.1. The van der Waals surface area contributed by atoms with Crippen molar-refractivity contribution in [3.05, 3.63) is 69.3 Å². The minimum absolute atomic E-state index is 0.113. The molecule has 0 radical (unpaired) electrons. The average Bonchev–Trinajstić information content (AvgIpc) is 3.24. The molecule has 188 valence electrons. The number of ether oxygens (including phenoxy) is 2. The Balaban J connectivity index is 1.64. The second-order valence-electron chi connectivity index (χ2n) is 9.47. The van der Waals surface area contributed by atoms with Gasteiger partial charge in [-0.25, -0.2) is 9.78 Å². The standard InChI is InChI=1S/C28H31N3O5/c1-6-11-30(5)16(4)36-17-9-10-23-19(12-17)18(7-2)20-14-31-24(25(20)29-23)13-22-21(26(31)32)15-35-27(33)28(22,34)8-3/h9-10,12-13,34H,4,6-8,11,14-15H2,1-3,5H3. The van der Waals surface area contributed by atoms with Crippen molar-refractivity contribution in [3.63, 3.8) is 0 Å². The molecule has 2 aliphatic heterocycles. The van der Waals surface area contributed by atoms with Gasteiger partial charge in [-0.2, -0.15) is 0 Å². The van der Waals surface area contributed by atoms with Gasteiger partial charge in [0.05, 0.1) is 29.0 Å². The summed E-state index contributed by atoms with van der Waals surface area (Å²) in [6.07, 6.45) is 1.85. The number of carbonyl (C=O) groups is 1. The van der Waals surface area contributed by atoms with Crippen LogP contribution < -0.4 is 10.3 Å². The summed E-state index contributed by atoms with van der Waals surface area (Å²) in [5.74, 6) is 0.534. The van der Waals surface area contributed by atoms with E-state index in [1.165, 1.54) is 0 Å². The fraction of sp³-hybridized carbons (Fsp3) is 0.393. The van der Waals surface area contributed by atoms with Gasteiger partial charge in [0.25, 0.3) is 5.56 Å². The van der Waals surface area contributed by atoms with E-state index in [2.05, 4.69) is 20.4 Å². The highest BCUT2D eigenvalue weighted by molar-refractivity contribution is 5.90. The number of aliphatic hydroxyl groups is 1. The zero-order valence-corrected chi connectivity index (χ0v) is 21.2. The van der Waals surface area contributed by atoms with Crippen LogP contribution in [0.5, 0.6) is 5.75 Å². The lowest BCUT2D eigenvalue weighted by Crippen LogP contribution is -2.44. The van der Waals surface area contributed by atoms with E-state index >= 15 is 0 Å². The lowest BCUT2D eigenvalue weighted by Gasteiger charge is -2.31. The lowest BCUT2D eigenvalue weighted by atomic mass is 9.86. The first-order chi connectivity index (χ1) is 17.2. The minimum Gasteiger partial charge on any atom is -0.458 e. The number of benzene rings is 1. The second-order valence-corrected chi connectivity index (χ2v) is 9.47. The molecule has 8 nitrogen and oxygen atoms in total. The number of pyridine rings is 2. The summed E-state index contributed by atoms with van der Waals surface area (Å²) in [6.45, 7) is 11.0. The van der Waals surface area contributed by atoms with E-state index in [0.29, 0.717) is 40.7 Å². The van der Waals surface area contributed by atoms with E-state index in [-0.39, 0.29) is 18.6 Å². The molecule has 8 heteroatoms. The molecular weight excluding hydrogens is 458 g/mol. The predicted octanol–water partition coefficient (Wildman–Crippen LogP) is 3.83. The molecule has 0 spiro atoms. The Bertz CT molecular complexity index is 1470. The maximum atomic E-state index is 13.5. The maximum absolute atomic E-state index is 13.5. The second kappa shape index (κ2) is 8.78. The zero-order chi connectivity index (χ0) is 25.8. The smallest absolute Gasteiger partial charge is 0.343 e. The molecule has 0 fully saturated rings. The van der Waals surface area contributed by atoms with Gasteiger partial charge in [0.15, 0.2) is 11.5 Å². The van der Waals surface area contributed by atoms with Crippen molar-refractivity contribution in [2.75, 3.05) is 13.6 Å². The third kappa shape index (κ3) is 3.51. The van der Waals surface area contributed by atoms with E-state index in [1.54, 1.807) is 17.6 Å². The number of hydrogen-bond donors (Lipinski definition) is 1. The predicted molar refractivity (Wildman–Crippen MR) is 137 cm³/mol. The minimum atomic E-state index is -1.84. The van der Waals surface area contributed by atoms with Crippen LogP contribution in [0.15, 0.2) is 41.5 Å². The van der Waals surface area contributed by atoms with Crippen LogP contribution in [0.2, 0.25) is 0 Å². The first-order valence-corrected chi connectivity index (χ1v) is 12.4. The van der Waals surface area contributed by atoms with Gasteiger partial charge in [0.1, 0.15) is 12.4 Å². The highest BCUT2D eigenvalue weighted by atomic mass is 16.6. The fourth-order valence-electron chi connectivity index (χ4n) is 5.28. The quantitative estimate of drug-likeness (QED) is 0.311. The van der Waals surface area contributed by atoms with E-state index in [9.17, 15) is 14.7 Å². The number of carbonyl (C=O) groups excluding carboxylic acids is 1. The van der Waals surface area contributed by atoms with Gasteiger partial charge in [-0.1, -0.05) is 20.8 Å². The molecule has 1 atom stereocenters. The van der Waals surface area contributed by atoms with Crippen molar-refractivity contribution >= 4 is 16.9 Å². The van der Waals surface area contributed by atoms with Crippen molar-refractivity contribution in [2.24, 2.45) is 0 Å².